The zero-order chi connectivity index (χ0) is 13.7. The lowest BCUT2D eigenvalue weighted by Gasteiger charge is -2.40. The highest BCUT2D eigenvalue weighted by Crippen LogP contribution is 2.24. The first-order valence-electron chi connectivity index (χ1n) is 5.33. The van der Waals surface area contributed by atoms with Gasteiger partial charge in [-0.1, -0.05) is 0 Å². The molecule has 5 atom stereocenters. The smallest absolute Gasteiger partial charge is 0.189 e. The second-order valence-corrected chi connectivity index (χ2v) is 3.82. The predicted octanol–water partition coefficient (Wildman–Crippen LogP) is -3.31. The Labute approximate surface area is 104 Å². The van der Waals surface area contributed by atoms with Crippen LogP contribution in [0.2, 0.25) is 0 Å². The molecule has 106 valence electrons. The normalized spacial score (nSPS) is 36.3. The Morgan fingerprint density at radius 2 is 2.00 bits per heavy atom. The van der Waals surface area contributed by atoms with Gasteiger partial charge < -0.3 is 41.0 Å². The second kappa shape index (κ2) is 6.83. The lowest BCUT2D eigenvalue weighted by Crippen LogP contribution is -2.59. The Hall–Kier alpha value is -0.970. The summed E-state index contributed by atoms with van der Waals surface area (Å²) in [6, 6.07) is -0.961. The fourth-order valence-electron chi connectivity index (χ4n) is 1.67. The van der Waals surface area contributed by atoms with Crippen LogP contribution in [-0.4, -0.2) is 72.4 Å². The molecule has 9 heteroatoms. The molecule has 0 saturated carbocycles. The van der Waals surface area contributed by atoms with Crippen molar-refractivity contribution in [1.82, 2.24) is 0 Å². The summed E-state index contributed by atoms with van der Waals surface area (Å²) >= 11 is 0. The van der Waals surface area contributed by atoms with Crippen molar-refractivity contribution in [2.45, 2.75) is 30.6 Å². The van der Waals surface area contributed by atoms with Crippen molar-refractivity contribution < 1.29 is 29.5 Å². The number of rotatable bonds is 5. The number of methoxy groups -OCH3 is 1. The first-order chi connectivity index (χ1) is 8.51. The van der Waals surface area contributed by atoms with Crippen molar-refractivity contribution in [1.29, 1.82) is 0 Å². The Morgan fingerprint density at radius 3 is 2.50 bits per heavy atom. The molecule has 0 aromatic rings. The number of nitrogens with two attached hydrogens (primary N) is 2. The Morgan fingerprint density at radius 1 is 1.33 bits per heavy atom. The zero-order valence-electron chi connectivity index (χ0n) is 9.97. The average Bonchev–Trinajstić information content (AvgIpc) is 2.34. The van der Waals surface area contributed by atoms with Crippen LogP contribution in [0.4, 0.5) is 0 Å². The van der Waals surface area contributed by atoms with E-state index in [0.717, 1.165) is 0 Å². The quantitative estimate of drug-likeness (QED) is 0.197. The van der Waals surface area contributed by atoms with E-state index in [9.17, 15) is 10.2 Å². The second-order valence-electron chi connectivity index (χ2n) is 3.82. The van der Waals surface area contributed by atoms with Crippen LogP contribution in [-0.2, 0) is 14.2 Å². The van der Waals surface area contributed by atoms with Crippen LogP contribution >= 0.6 is 0 Å². The van der Waals surface area contributed by atoms with Gasteiger partial charge in [0.15, 0.2) is 12.2 Å². The van der Waals surface area contributed by atoms with Crippen LogP contribution in [0.3, 0.4) is 0 Å². The molecule has 1 saturated heterocycles. The Bertz CT molecular complexity index is 283. The fraction of sp³-hybridized carbons (Fsp3) is 0.889. The number of aliphatic hydroxyl groups is 3. The lowest BCUT2D eigenvalue weighted by molar-refractivity contribution is -0.294. The molecule has 7 N–H and O–H groups in total. The van der Waals surface area contributed by atoms with Gasteiger partial charge in [0.05, 0.1) is 6.61 Å². The monoisotopic (exact) mass is 265 g/mol. The molecule has 0 aromatic heterocycles. The van der Waals surface area contributed by atoms with Crippen LogP contribution in [0.5, 0.6) is 0 Å². The highest BCUT2D eigenvalue weighted by molar-refractivity contribution is 5.76. The van der Waals surface area contributed by atoms with Crippen LogP contribution < -0.4 is 11.5 Å². The molecule has 0 aromatic carbocycles. The van der Waals surface area contributed by atoms with E-state index in [1.54, 1.807) is 0 Å². The minimum absolute atomic E-state index is 0.125. The molecular formula is C9H19N3O6. The fourth-order valence-corrected chi connectivity index (χ4v) is 1.67. The molecule has 1 aliphatic rings. The summed E-state index contributed by atoms with van der Waals surface area (Å²) in [5, 5.41) is 28.8. The van der Waals surface area contributed by atoms with E-state index in [1.807, 2.05) is 0 Å². The largest absolute Gasteiger partial charge is 0.394 e. The van der Waals surface area contributed by atoms with Gasteiger partial charge in [0.2, 0.25) is 0 Å². The first kappa shape index (κ1) is 15.1. The highest BCUT2D eigenvalue weighted by Gasteiger charge is 2.45. The van der Waals surface area contributed by atoms with Gasteiger partial charge in [-0.3, -0.25) is 0 Å². The maximum atomic E-state index is 9.88. The zero-order valence-corrected chi connectivity index (χ0v) is 9.97. The Kier molecular flexibility index (Phi) is 5.72. The molecule has 18 heavy (non-hydrogen) atoms. The third-order valence-corrected chi connectivity index (χ3v) is 2.50. The van der Waals surface area contributed by atoms with E-state index in [2.05, 4.69) is 9.73 Å². The van der Waals surface area contributed by atoms with Gasteiger partial charge >= 0.3 is 0 Å². The Balaban J connectivity index is 2.77. The summed E-state index contributed by atoms with van der Waals surface area (Å²) in [6.07, 6.45) is -4.68. The van der Waals surface area contributed by atoms with Crippen LogP contribution in [0.15, 0.2) is 4.99 Å². The summed E-state index contributed by atoms with van der Waals surface area (Å²) in [5.41, 5.74) is 10.4. The van der Waals surface area contributed by atoms with Crippen molar-refractivity contribution in [3.8, 4) is 0 Å². The standard InChI is InChI=1S/C9H19N3O6/c1-16-3-17-8-7(15)6(14)5(12-9(10)11)4(2-13)18-8/h4-8,13-15H,2-3H2,1H3,(H4,10,11,12)/t4?,5-,6?,7?,8+/m1/s1. The maximum Gasteiger partial charge on any atom is 0.189 e. The van der Waals surface area contributed by atoms with Crippen molar-refractivity contribution in [2.24, 2.45) is 16.5 Å². The molecule has 1 heterocycles. The molecule has 1 fully saturated rings. The van der Waals surface area contributed by atoms with Crippen LogP contribution in [0.25, 0.3) is 0 Å². The van der Waals surface area contributed by atoms with Gasteiger partial charge in [0.25, 0.3) is 0 Å². The third-order valence-electron chi connectivity index (χ3n) is 2.50. The van der Waals surface area contributed by atoms with Gasteiger partial charge in [-0.05, 0) is 0 Å². The van der Waals surface area contributed by atoms with Crippen molar-refractivity contribution >= 4 is 5.96 Å². The van der Waals surface area contributed by atoms with E-state index < -0.39 is 37.3 Å². The molecule has 1 aliphatic heterocycles. The number of nitrogens with zero attached hydrogens (tertiary/aromatic N) is 1. The molecule has 0 radical (unpaired) electrons. The minimum atomic E-state index is -1.35. The van der Waals surface area contributed by atoms with E-state index in [4.69, 9.17) is 26.0 Å². The summed E-state index contributed by atoms with van der Waals surface area (Å²) in [6.45, 7) is -0.558. The molecular weight excluding hydrogens is 246 g/mol. The average molecular weight is 265 g/mol. The van der Waals surface area contributed by atoms with Crippen molar-refractivity contribution in [3.05, 3.63) is 0 Å². The third kappa shape index (κ3) is 3.51. The van der Waals surface area contributed by atoms with Gasteiger partial charge in [0.1, 0.15) is 31.1 Å². The molecule has 0 amide bonds. The number of aliphatic imine (C=N–C) groups is 1. The van der Waals surface area contributed by atoms with Gasteiger partial charge in [0, 0.05) is 7.11 Å². The molecule has 0 spiro atoms. The first-order valence-corrected chi connectivity index (χ1v) is 5.33. The summed E-state index contributed by atoms with van der Waals surface area (Å²) < 4.78 is 14.9. The molecule has 1 rings (SSSR count). The van der Waals surface area contributed by atoms with E-state index in [-0.39, 0.29) is 12.8 Å². The molecule has 3 unspecified atom stereocenters. The topological polar surface area (TPSA) is 153 Å². The molecule has 9 nitrogen and oxygen atoms in total. The van der Waals surface area contributed by atoms with E-state index in [1.165, 1.54) is 7.11 Å². The SMILES string of the molecule is COCO[C@H]1OC(CO)[C@@H](N=C(N)N)C(O)C1O. The summed E-state index contributed by atoms with van der Waals surface area (Å²) in [4.78, 5) is 3.73. The highest BCUT2D eigenvalue weighted by atomic mass is 16.8. The van der Waals surface area contributed by atoms with Crippen LogP contribution in [0, 0.1) is 0 Å². The number of hydrogen-bond donors (Lipinski definition) is 5. The number of hydrogen-bond acceptors (Lipinski definition) is 7. The van der Waals surface area contributed by atoms with E-state index in [0.29, 0.717) is 0 Å². The lowest BCUT2D eigenvalue weighted by atomic mass is 9.97. The number of guanidine groups is 1. The molecule has 0 aliphatic carbocycles. The number of ether oxygens (including phenoxy) is 3. The van der Waals surface area contributed by atoms with Crippen LogP contribution in [0.1, 0.15) is 0 Å². The van der Waals surface area contributed by atoms with Crippen molar-refractivity contribution in [3.63, 3.8) is 0 Å². The molecule has 0 bridgehead atoms. The van der Waals surface area contributed by atoms with Gasteiger partial charge in [-0.2, -0.15) is 0 Å². The predicted molar refractivity (Wildman–Crippen MR) is 60.3 cm³/mol. The maximum absolute atomic E-state index is 9.88. The minimum Gasteiger partial charge on any atom is -0.394 e. The summed E-state index contributed by atoms with van der Waals surface area (Å²) in [7, 11) is 1.40. The van der Waals surface area contributed by atoms with Crippen molar-refractivity contribution in [2.75, 3.05) is 20.5 Å². The van der Waals surface area contributed by atoms with E-state index >= 15 is 0 Å². The van der Waals surface area contributed by atoms with Gasteiger partial charge in [-0.15, -0.1) is 0 Å². The number of aliphatic hydroxyl groups excluding tert-OH is 3. The van der Waals surface area contributed by atoms with Gasteiger partial charge in [-0.25, -0.2) is 4.99 Å². The summed E-state index contributed by atoms with van der Waals surface area (Å²) in [5.74, 6) is -0.274.